The third-order valence-electron chi connectivity index (χ3n) is 3.17. The molecule has 1 heterocycles. The lowest BCUT2D eigenvalue weighted by molar-refractivity contribution is -0.643. The van der Waals surface area contributed by atoms with Crippen molar-refractivity contribution < 1.29 is 17.0 Å². The van der Waals surface area contributed by atoms with Gasteiger partial charge in [-0.3, -0.25) is 0 Å². The molecule has 0 amide bonds. The highest BCUT2D eigenvalue weighted by Gasteiger charge is 2.11. The van der Waals surface area contributed by atoms with Crippen LogP contribution in [0.2, 0.25) is 0 Å². The molecule has 0 aliphatic rings. The summed E-state index contributed by atoms with van der Waals surface area (Å²) in [6.45, 7) is 2.16. The molecule has 0 atom stereocenters. The first-order valence-electron chi connectivity index (χ1n) is 5.54. The molecule has 2 heteroatoms. The van der Waals surface area contributed by atoms with Crippen molar-refractivity contribution in [1.29, 1.82) is 0 Å². The first-order valence-corrected chi connectivity index (χ1v) is 5.54. The summed E-state index contributed by atoms with van der Waals surface area (Å²) in [7, 11) is 2.11. The largest absolute Gasteiger partial charge is 1.00 e. The van der Waals surface area contributed by atoms with Gasteiger partial charge in [0, 0.05) is 16.3 Å². The molecule has 0 unspecified atom stereocenters. The van der Waals surface area contributed by atoms with E-state index < -0.39 is 0 Å². The minimum absolute atomic E-state index is 0. The van der Waals surface area contributed by atoms with E-state index in [2.05, 4.69) is 67.2 Å². The molecule has 1 nitrogen and oxygen atoms in total. The van der Waals surface area contributed by atoms with Crippen molar-refractivity contribution >= 4 is 21.7 Å². The summed E-state index contributed by atoms with van der Waals surface area (Å²) in [5.74, 6) is 0. The van der Waals surface area contributed by atoms with Gasteiger partial charge in [0.25, 0.3) is 0 Å². The smallest absolute Gasteiger partial charge is 0.215 e. The highest BCUT2D eigenvalue weighted by atomic mass is 35.5. The Labute approximate surface area is 107 Å². The van der Waals surface area contributed by atoms with E-state index in [0.717, 1.165) is 0 Å². The Morgan fingerprint density at radius 2 is 1.59 bits per heavy atom. The molecule has 3 rings (SSSR count). The van der Waals surface area contributed by atoms with Crippen LogP contribution in [0.1, 0.15) is 5.56 Å². The Morgan fingerprint density at radius 1 is 0.882 bits per heavy atom. The Balaban J connectivity index is 0.00000108. The van der Waals surface area contributed by atoms with Crippen molar-refractivity contribution in [2.24, 2.45) is 7.05 Å². The average Bonchev–Trinajstić information content (AvgIpc) is 2.29. The molecule has 0 bridgehead atoms. The van der Waals surface area contributed by atoms with Gasteiger partial charge in [-0.05, 0) is 19.1 Å². The van der Waals surface area contributed by atoms with Crippen molar-refractivity contribution in [2.45, 2.75) is 6.92 Å². The van der Waals surface area contributed by atoms with Gasteiger partial charge in [0.1, 0.15) is 7.05 Å². The Morgan fingerprint density at radius 3 is 2.41 bits per heavy atom. The van der Waals surface area contributed by atoms with Gasteiger partial charge in [-0.15, -0.1) is 0 Å². The number of hydrogen-bond acceptors (Lipinski definition) is 0. The monoisotopic (exact) mass is 243 g/mol. The molecule has 1 aromatic heterocycles. The second-order valence-corrected chi connectivity index (χ2v) is 4.30. The van der Waals surface area contributed by atoms with Gasteiger partial charge in [0.2, 0.25) is 5.52 Å². The molecule has 0 spiro atoms. The van der Waals surface area contributed by atoms with Crippen LogP contribution in [0, 0.1) is 6.92 Å². The van der Waals surface area contributed by atoms with Crippen LogP contribution in [0.15, 0.2) is 48.7 Å². The van der Waals surface area contributed by atoms with Crippen LogP contribution < -0.4 is 17.0 Å². The molecular formula is C15H14ClN. The number of rotatable bonds is 0. The van der Waals surface area contributed by atoms with Crippen LogP contribution in [-0.4, -0.2) is 0 Å². The van der Waals surface area contributed by atoms with Crippen LogP contribution in [0.4, 0.5) is 0 Å². The molecule has 0 saturated heterocycles. The number of para-hydroxylation sites is 1. The van der Waals surface area contributed by atoms with Crippen molar-refractivity contribution in [2.75, 3.05) is 0 Å². The number of halogens is 1. The number of aromatic nitrogens is 1. The van der Waals surface area contributed by atoms with Crippen LogP contribution in [0.3, 0.4) is 0 Å². The first kappa shape index (κ1) is 11.9. The van der Waals surface area contributed by atoms with Crippen molar-refractivity contribution in [3.8, 4) is 0 Å². The summed E-state index contributed by atoms with van der Waals surface area (Å²) in [6.07, 6.45) is 2.20. The normalized spacial score (nSPS) is 10.5. The standard InChI is InChI=1S/C15H14N.ClH/c1-11-6-5-9-14-13-8-4-3-7-12(13)10-16(2)15(11)14;/h3-10H,1-2H3;1H/q+1;/p-1. The second-order valence-electron chi connectivity index (χ2n) is 4.30. The van der Waals surface area contributed by atoms with E-state index in [-0.39, 0.29) is 12.4 Å². The van der Waals surface area contributed by atoms with Gasteiger partial charge in [0.15, 0.2) is 6.20 Å². The van der Waals surface area contributed by atoms with Crippen molar-refractivity contribution in [3.05, 3.63) is 54.2 Å². The maximum absolute atomic E-state index is 2.22. The predicted molar refractivity (Wildman–Crippen MR) is 67.4 cm³/mol. The highest BCUT2D eigenvalue weighted by Crippen LogP contribution is 2.23. The minimum Gasteiger partial charge on any atom is -1.00 e. The van der Waals surface area contributed by atoms with Crippen LogP contribution in [0.25, 0.3) is 21.7 Å². The lowest BCUT2D eigenvalue weighted by atomic mass is 10.0. The fourth-order valence-electron chi connectivity index (χ4n) is 2.47. The van der Waals surface area contributed by atoms with Crippen LogP contribution in [-0.2, 0) is 7.05 Å². The molecule has 3 aromatic rings. The van der Waals surface area contributed by atoms with E-state index in [1.807, 2.05) is 0 Å². The third kappa shape index (κ3) is 1.77. The SMILES string of the molecule is Cc1cccc2c3ccccc3c[n+](C)c12.[Cl-]. The predicted octanol–water partition coefficient (Wildman–Crippen LogP) is 0.130. The van der Waals surface area contributed by atoms with E-state index in [1.165, 1.54) is 27.2 Å². The molecule has 0 N–H and O–H groups in total. The van der Waals surface area contributed by atoms with Gasteiger partial charge in [-0.2, -0.15) is 0 Å². The second kappa shape index (κ2) is 4.34. The zero-order chi connectivity index (χ0) is 11.1. The number of benzene rings is 2. The Hall–Kier alpha value is -1.60. The quantitative estimate of drug-likeness (QED) is 0.390. The lowest BCUT2D eigenvalue weighted by Gasteiger charge is -2.04. The maximum atomic E-state index is 2.22. The Kier molecular flexibility index (Phi) is 3.03. The van der Waals surface area contributed by atoms with E-state index in [0.29, 0.717) is 0 Å². The minimum atomic E-state index is 0. The van der Waals surface area contributed by atoms with Crippen LogP contribution >= 0.6 is 0 Å². The molecule has 0 saturated carbocycles. The zero-order valence-corrected chi connectivity index (χ0v) is 10.7. The lowest BCUT2D eigenvalue weighted by Crippen LogP contribution is -3.00. The van der Waals surface area contributed by atoms with E-state index >= 15 is 0 Å². The van der Waals surface area contributed by atoms with E-state index in [9.17, 15) is 0 Å². The number of nitrogens with zero attached hydrogens (tertiary/aromatic N) is 1. The summed E-state index contributed by atoms with van der Waals surface area (Å²) < 4.78 is 2.22. The van der Waals surface area contributed by atoms with E-state index in [1.54, 1.807) is 0 Å². The molecule has 17 heavy (non-hydrogen) atoms. The molecule has 0 aliphatic carbocycles. The summed E-state index contributed by atoms with van der Waals surface area (Å²) in [5.41, 5.74) is 2.65. The molecular weight excluding hydrogens is 230 g/mol. The fourth-order valence-corrected chi connectivity index (χ4v) is 2.47. The van der Waals surface area contributed by atoms with Gasteiger partial charge >= 0.3 is 0 Å². The average molecular weight is 244 g/mol. The van der Waals surface area contributed by atoms with Crippen LogP contribution in [0.5, 0.6) is 0 Å². The molecule has 86 valence electrons. The topological polar surface area (TPSA) is 3.88 Å². The summed E-state index contributed by atoms with van der Waals surface area (Å²) in [4.78, 5) is 0. The van der Waals surface area contributed by atoms with Crippen molar-refractivity contribution in [3.63, 3.8) is 0 Å². The molecule has 0 radical (unpaired) electrons. The Bertz CT molecular complexity index is 689. The fraction of sp³-hybridized carbons (Fsp3) is 0.133. The summed E-state index contributed by atoms with van der Waals surface area (Å²) in [5, 5.41) is 3.96. The summed E-state index contributed by atoms with van der Waals surface area (Å²) >= 11 is 0. The molecule has 0 aliphatic heterocycles. The number of hydrogen-bond donors (Lipinski definition) is 0. The van der Waals surface area contributed by atoms with Crippen molar-refractivity contribution in [1.82, 2.24) is 0 Å². The van der Waals surface area contributed by atoms with E-state index in [4.69, 9.17) is 0 Å². The molecule has 2 aromatic carbocycles. The number of pyridine rings is 1. The third-order valence-corrected chi connectivity index (χ3v) is 3.17. The number of fused-ring (bicyclic) bond motifs is 3. The zero-order valence-electron chi connectivity index (χ0n) is 9.94. The number of aryl methyl sites for hydroxylation is 2. The summed E-state index contributed by atoms with van der Waals surface area (Å²) in [6, 6.07) is 15.0. The first-order chi connectivity index (χ1) is 7.77. The van der Waals surface area contributed by atoms with Gasteiger partial charge in [0.05, 0.1) is 5.39 Å². The highest BCUT2D eigenvalue weighted by molar-refractivity contribution is 6.04. The van der Waals surface area contributed by atoms with Gasteiger partial charge < -0.3 is 12.4 Å². The molecule has 0 fully saturated rings. The maximum Gasteiger partial charge on any atom is 0.215 e. The van der Waals surface area contributed by atoms with Gasteiger partial charge in [-0.25, -0.2) is 4.57 Å². The van der Waals surface area contributed by atoms with Gasteiger partial charge in [-0.1, -0.05) is 30.3 Å².